The predicted octanol–water partition coefficient (Wildman–Crippen LogP) is 2.05. The highest BCUT2D eigenvalue weighted by molar-refractivity contribution is 9.10. The summed E-state index contributed by atoms with van der Waals surface area (Å²) in [6.07, 6.45) is 5.60. The highest BCUT2D eigenvalue weighted by Crippen LogP contribution is 2.17. The maximum Gasteiger partial charge on any atom is 0.243 e. The van der Waals surface area contributed by atoms with Crippen molar-refractivity contribution in [3.05, 3.63) is 22.8 Å². The quantitative estimate of drug-likeness (QED) is 0.907. The number of pyridine rings is 1. The Labute approximate surface area is 114 Å². The molecule has 96 valence electrons. The van der Waals surface area contributed by atoms with E-state index in [4.69, 9.17) is 0 Å². The summed E-state index contributed by atoms with van der Waals surface area (Å²) < 4.78 is 2.74. The molecular weight excluding hydrogens is 294 g/mol. The number of aromatic nitrogens is 3. The smallest absolute Gasteiger partial charge is 0.243 e. The van der Waals surface area contributed by atoms with E-state index in [1.54, 1.807) is 4.52 Å². The average Bonchev–Trinajstić information content (AvgIpc) is 2.98. The fourth-order valence-corrected chi connectivity index (χ4v) is 2.73. The highest BCUT2D eigenvalue weighted by atomic mass is 79.9. The Morgan fingerprint density at radius 3 is 3.28 bits per heavy atom. The van der Waals surface area contributed by atoms with E-state index in [0.717, 1.165) is 29.6 Å². The second kappa shape index (κ2) is 5.24. The first-order valence-corrected chi connectivity index (χ1v) is 7.10. The minimum atomic E-state index is 0.654. The fraction of sp³-hybridized carbons (Fsp3) is 0.500. The molecule has 2 aromatic rings. The maximum absolute atomic E-state index is 4.45. The van der Waals surface area contributed by atoms with E-state index in [1.807, 2.05) is 18.3 Å². The van der Waals surface area contributed by atoms with Crippen molar-refractivity contribution in [2.45, 2.75) is 25.3 Å². The van der Waals surface area contributed by atoms with Crippen molar-refractivity contribution < 1.29 is 0 Å². The molecule has 3 heterocycles. The third kappa shape index (κ3) is 2.49. The SMILES string of the molecule is Brc1cccn2nc(NCC[C@H]3CCCN3)nc12. The van der Waals surface area contributed by atoms with E-state index in [0.29, 0.717) is 12.0 Å². The van der Waals surface area contributed by atoms with Gasteiger partial charge in [0.05, 0.1) is 4.47 Å². The van der Waals surface area contributed by atoms with Crippen molar-refractivity contribution in [1.29, 1.82) is 0 Å². The van der Waals surface area contributed by atoms with Crippen LogP contribution in [0.4, 0.5) is 5.95 Å². The summed E-state index contributed by atoms with van der Waals surface area (Å²) in [5, 5.41) is 11.2. The number of nitrogens with zero attached hydrogens (tertiary/aromatic N) is 3. The van der Waals surface area contributed by atoms with Gasteiger partial charge in [0.2, 0.25) is 5.95 Å². The van der Waals surface area contributed by atoms with Gasteiger partial charge in [-0.1, -0.05) is 0 Å². The first-order chi connectivity index (χ1) is 8.83. The van der Waals surface area contributed by atoms with E-state index in [-0.39, 0.29) is 0 Å². The number of hydrogen-bond acceptors (Lipinski definition) is 4. The molecule has 0 amide bonds. The minimum absolute atomic E-state index is 0.654. The predicted molar refractivity (Wildman–Crippen MR) is 74.8 cm³/mol. The maximum atomic E-state index is 4.45. The van der Waals surface area contributed by atoms with Crippen molar-refractivity contribution in [2.24, 2.45) is 0 Å². The summed E-state index contributed by atoms with van der Waals surface area (Å²) in [6, 6.07) is 4.56. The number of anilines is 1. The normalized spacial score (nSPS) is 19.5. The van der Waals surface area contributed by atoms with Crippen LogP contribution in [0.5, 0.6) is 0 Å². The number of rotatable bonds is 4. The van der Waals surface area contributed by atoms with Gasteiger partial charge in [-0.25, -0.2) is 4.52 Å². The van der Waals surface area contributed by atoms with Gasteiger partial charge in [0.25, 0.3) is 0 Å². The highest BCUT2D eigenvalue weighted by Gasteiger charge is 2.13. The van der Waals surface area contributed by atoms with Crippen LogP contribution in [0.3, 0.4) is 0 Å². The minimum Gasteiger partial charge on any atom is -0.353 e. The molecule has 2 N–H and O–H groups in total. The van der Waals surface area contributed by atoms with Crippen LogP contribution in [0, 0.1) is 0 Å². The lowest BCUT2D eigenvalue weighted by Crippen LogP contribution is -2.24. The van der Waals surface area contributed by atoms with Crippen molar-refractivity contribution in [1.82, 2.24) is 19.9 Å². The molecular formula is C12H16BrN5. The second-order valence-electron chi connectivity index (χ2n) is 4.57. The Kier molecular flexibility index (Phi) is 3.47. The average molecular weight is 310 g/mol. The van der Waals surface area contributed by atoms with Gasteiger partial charge in [0.15, 0.2) is 5.65 Å². The van der Waals surface area contributed by atoms with E-state index in [1.165, 1.54) is 12.8 Å². The summed E-state index contributed by atoms with van der Waals surface area (Å²) in [5.41, 5.74) is 0.846. The molecule has 0 bridgehead atoms. The number of fused-ring (bicyclic) bond motifs is 1. The first kappa shape index (κ1) is 11.9. The second-order valence-corrected chi connectivity index (χ2v) is 5.42. The van der Waals surface area contributed by atoms with Gasteiger partial charge in [-0.2, -0.15) is 4.98 Å². The molecule has 1 aliphatic rings. The standard InChI is InChI=1S/C12H16BrN5/c13-10-4-2-8-18-11(10)16-12(17-18)15-7-5-9-3-1-6-14-9/h2,4,8-9,14H,1,3,5-7H2,(H,15,17)/t9-/m1/s1. The molecule has 0 saturated carbocycles. The monoisotopic (exact) mass is 309 g/mol. The number of hydrogen-bond donors (Lipinski definition) is 2. The summed E-state index contributed by atoms with van der Waals surface area (Å²) >= 11 is 3.47. The molecule has 0 unspecified atom stereocenters. The van der Waals surface area contributed by atoms with Crippen LogP contribution >= 0.6 is 15.9 Å². The van der Waals surface area contributed by atoms with Gasteiger partial charge in [0.1, 0.15) is 0 Å². The van der Waals surface area contributed by atoms with Crippen molar-refractivity contribution in [2.75, 3.05) is 18.4 Å². The first-order valence-electron chi connectivity index (χ1n) is 6.31. The van der Waals surface area contributed by atoms with Gasteiger partial charge in [-0.15, -0.1) is 5.10 Å². The Morgan fingerprint density at radius 1 is 1.56 bits per heavy atom. The van der Waals surface area contributed by atoms with Crippen LogP contribution in [0.15, 0.2) is 22.8 Å². The zero-order valence-corrected chi connectivity index (χ0v) is 11.7. The summed E-state index contributed by atoms with van der Waals surface area (Å²) in [4.78, 5) is 4.45. The third-order valence-corrected chi connectivity index (χ3v) is 3.87. The lowest BCUT2D eigenvalue weighted by Gasteiger charge is -2.09. The fourth-order valence-electron chi connectivity index (χ4n) is 2.31. The molecule has 5 nitrogen and oxygen atoms in total. The molecule has 2 aromatic heterocycles. The van der Waals surface area contributed by atoms with Crippen LogP contribution in [0.2, 0.25) is 0 Å². The van der Waals surface area contributed by atoms with Gasteiger partial charge in [0, 0.05) is 18.8 Å². The van der Waals surface area contributed by atoms with Crippen LogP contribution < -0.4 is 10.6 Å². The Morgan fingerprint density at radius 2 is 2.50 bits per heavy atom. The van der Waals surface area contributed by atoms with E-state index in [2.05, 4.69) is 36.6 Å². The molecule has 18 heavy (non-hydrogen) atoms. The van der Waals surface area contributed by atoms with Crippen molar-refractivity contribution in [3.8, 4) is 0 Å². The Balaban J connectivity index is 1.62. The Bertz CT molecular complexity index is 532. The van der Waals surface area contributed by atoms with Crippen molar-refractivity contribution >= 4 is 27.5 Å². The summed E-state index contributed by atoms with van der Waals surface area (Å²) in [5.74, 6) is 0.694. The van der Waals surface area contributed by atoms with E-state index >= 15 is 0 Å². The van der Waals surface area contributed by atoms with Crippen LogP contribution in [0.25, 0.3) is 5.65 Å². The lowest BCUT2D eigenvalue weighted by molar-refractivity contribution is 0.573. The van der Waals surface area contributed by atoms with Gasteiger partial charge >= 0.3 is 0 Å². The van der Waals surface area contributed by atoms with Crippen LogP contribution in [0.1, 0.15) is 19.3 Å². The zero-order valence-electron chi connectivity index (χ0n) is 10.1. The van der Waals surface area contributed by atoms with Crippen LogP contribution in [-0.2, 0) is 0 Å². The number of halogens is 1. The van der Waals surface area contributed by atoms with Gasteiger partial charge in [-0.3, -0.25) is 0 Å². The molecule has 0 aromatic carbocycles. The van der Waals surface area contributed by atoms with Crippen LogP contribution in [-0.4, -0.2) is 33.7 Å². The van der Waals surface area contributed by atoms with Gasteiger partial charge in [-0.05, 0) is 53.9 Å². The summed E-state index contributed by atoms with van der Waals surface area (Å²) in [6.45, 7) is 2.07. The molecule has 6 heteroatoms. The molecule has 1 fully saturated rings. The molecule has 0 spiro atoms. The van der Waals surface area contributed by atoms with E-state index in [9.17, 15) is 0 Å². The topological polar surface area (TPSA) is 54.2 Å². The molecule has 1 aliphatic heterocycles. The molecule has 1 saturated heterocycles. The largest absolute Gasteiger partial charge is 0.353 e. The molecule has 1 atom stereocenters. The van der Waals surface area contributed by atoms with Gasteiger partial charge < -0.3 is 10.6 Å². The number of nitrogens with one attached hydrogen (secondary N) is 2. The summed E-state index contributed by atoms with van der Waals surface area (Å²) in [7, 11) is 0. The molecule has 3 rings (SSSR count). The zero-order chi connectivity index (χ0) is 12.4. The lowest BCUT2D eigenvalue weighted by atomic mass is 10.2. The van der Waals surface area contributed by atoms with E-state index < -0.39 is 0 Å². The van der Waals surface area contributed by atoms with Crippen molar-refractivity contribution in [3.63, 3.8) is 0 Å². The Hall–Kier alpha value is -1.14. The molecule has 0 radical (unpaired) electrons. The third-order valence-electron chi connectivity index (χ3n) is 3.25. The molecule has 0 aliphatic carbocycles.